The molecular weight excluding hydrogens is 162 g/mol. The maximum Gasteiger partial charge on any atom is 0.0606 e. The Balaban J connectivity index is 2.71. The van der Waals surface area contributed by atoms with Crippen LogP contribution < -0.4 is 0 Å². The number of aliphatic hydroxyl groups is 1. The van der Waals surface area contributed by atoms with Crippen LogP contribution in [-0.2, 0) is 0 Å². The van der Waals surface area contributed by atoms with Crippen LogP contribution in [0.25, 0.3) is 0 Å². The van der Waals surface area contributed by atoms with Gasteiger partial charge >= 0.3 is 0 Å². The van der Waals surface area contributed by atoms with Gasteiger partial charge in [0.15, 0.2) is 0 Å². The Morgan fingerprint density at radius 1 is 1.54 bits per heavy atom. The molecule has 72 valence electrons. The molecule has 2 nitrogen and oxygen atoms in total. The molecule has 0 spiro atoms. The van der Waals surface area contributed by atoms with E-state index in [1.54, 1.807) is 0 Å². The first-order chi connectivity index (χ1) is 6.24. The SMILES string of the molecule is CC1=CCC=CC(N(C)CCO)=C1. The summed E-state index contributed by atoms with van der Waals surface area (Å²) < 4.78 is 0. The van der Waals surface area contributed by atoms with Crippen LogP contribution in [0.1, 0.15) is 13.3 Å². The van der Waals surface area contributed by atoms with Crippen molar-refractivity contribution in [1.82, 2.24) is 4.90 Å². The van der Waals surface area contributed by atoms with Gasteiger partial charge in [0.25, 0.3) is 0 Å². The number of hydrogen-bond acceptors (Lipinski definition) is 2. The van der Waals surface area contributed by atoms with Crippen LogP contribution in [0.2, 0.25) is 0 Å². The van der Waals surface area contributed by atoms with Crippen molar-refractivity contribution >= 4 is 0 Å². The van der Waals surface area contributed by atoms with Crippen LogP contribution >= 0.6 is 0 Å². The molecule has 0 radical (unpaired) electrons. The van der Waals surface area contributed by atoms with Crippen LogP contribution in [0, 0.1) is 0 Å². The van der Waals surface area contributed by atoms with Crippen molar-refractivity contribution in [2.24, 2.45) is 0 Å². The quantitative estimate of drug-likeness (QED) is 0.712. The third-order valence-electron chi connectivity index (χ3n) is 2.12. The second-order valence-corrected chi connectivity index (χ2v) is 3.30. The molecule has 1 rings (SSSR count). The summed E-state index contributed by atoms with van der Waals surface area (Å²) in [5.74, 6) is 0. The van der Waals surface area contributed by atoms with Crippen LogP contribution in [0.15, 0.2) is 35.6 Å². The summed E-state index contributed by atoms with van der Waals surface area (Å²) in [7, 11) is 1.99. The molecule has 1 aliphatic carbocycles. The number of likely N-dealkylation sites (N-methyl/N-ethyl adjacent to an activating group) is 1. The van der Waals surface area contributed by atoms with Crippen LogP contribution in [0.3, 0.4) is 0 Å². The minimum Gasteiger partial charge on any atom is -0.395 e. The second-order valence-electron chi connectivity index (χ2n) is 3.30. The lowest BCUT2D eigenvalue weighted by atomic mass is 10.2. The molecule has 1 aliphatic rings. The van der Waals surface area contributed by atoms with E-state index < -0.39 is 0 Å². The zero-order valence-corrected chi connectivity index (χ0v) is 8.33. The van der Waals surface area contributed by atoms with Crippen molar-refractivity contribution in [1.29, 1.82) is 0 Å². The van der Waals surface area contributed by atoms with E-state index in [4.69, 9.17) is 5.11 Å². The maximum atomic E-state index is 8.80. The van der Waals surface area contributed by atoms with E-state index in [-0.39, 0.29) is 6.61 Å². The van der Waals surface area contributed by atoms with Gasteiger partial charge in [0, 0.05) is 19.3 Å². The Morgan fingerprint density at radius 3 is 3.00 bits per heavy atom. The molecule has 0 heterocycles. The lowest BCUT2D eigenvalue weighted by molar-refractivity contribution is 0.249. The van der Waals surface area contributed by atoms with Gasteiger partial charge < -0.3 is 10.0 Å². The van der Waals surface area contributed by atoms with Crippen molar-refractivity contribution in [3.05, 3.63) is 35.6 Å². The summed E-state index contributed by atoms with van der Waals surface area (Å²) in [4.78, 5) is 2.05. The molecule has 0 aliphatic heterocycles. The van der Waals surface area contributed by atoms with Crippen molar-refractivity contribution in [3.8, 4) is 0 Å². The summed E-state index contributed by atoms with van der Waals surface area (Å²) >= 11 is 0. The summed E-state index contributed by atoms with van der Waals surface area (Å²) in [6, 6.07) is 0. The third kappa shape index (κ3) is 3.07. The molecule has 0 unspecified atom stereocenters. The topological polar surface area (TPSA) is 23.5 Å². The van der Waals surface area contributed by atoms with Crippen molar-refractivity contribution in [2.45, 2.75) is 13.3 Å². The lowest BCUT2D eigenvalue weighted by Gasteiger charge is -2.18. The van der Waals surface area contributed by atoms with Crippen molar-refractivity contribution in [2.75, 3.05) is 20.2 Å². The van der Waals surface area contributed by atoms with Gasteiger partial charge in [0.05, 0.1) is 6.61 Å². The van der Waals surface area contributed by atoms with Crippen LogP contribution in [-0.4, -0.2) is 30.2 Å². The second kappa shape index (κ2) is 4.87. The monoisotopic (exact) mass is 179 g/mol. The summed E-state index contributed by atoms with van der Waals surface area (Å²) in [5.41, 5.74) is 2.45. The predicted molar refractivity (Wildman–Crippen MR) is 55.3 cm³/mol. The molecule has 0 fully saturated rings. The number of rotatable bonds is 3. The maximum absolute atomic E-state index is 8.80. The average Bonchev–Trinajstić information content (AvgIpc) is 2.30. The van der Waals surface area contributed by atoms with Crippen molar-refractivity contribution in [3.63, 3.8) is 0 Å². The van der Waals surface area contributed by atoms with E-state index in [0.29, 0.717) is 6.54 Å². The Labute approximate surface area is 79.9 Å². The Bertz CT molecular complexity index is 251. The predicted octanol–water partition coefficient (Wildman–Crippen LogP) is 1.70. The van der Waals surface area contributed by atoms with E-state index in [9.17, 15) is 0 Å². The normalized spacial score (nSPS) is 16.2. The van der Waals surface area contributed by atoms with Crippen LogP contribution in [0.5, 0.6) is 0 Å². The fourth-order valence-corrected chi connectivity index (χ4v) is 1.30. The fraction of sp³-hybridized carbons (Fsp3) is 0.455. The minimum atomic E-state index is 0.199. The highest BCUT2D eigenvalue weighted by atomic mass is 16.3. The van der Waals surface area contributed by atoms with Crippen LogP contribution in [0.4, 0.5) is 0 Å². The Kier molecular flexibility index (Phi) is 3.77. The highest BCUT2D eigenvalue weighted by Gasteiger charge is 2.01. The highest BCUT2D eigenvalue weighted by Crippen LogP contribution is 2.12. The average molecular weight is 179 g/mol. The summed E-state index contributed by atoms with van der Waals surface area (Å²) in [6.45, 7) is 2.98. The van der Waals surface area contributed by atoms with Gasteiger partial charge in [0.2, 0.25) is 0 Å². The number of allylic oxidation sites excluding steroid dienone is 5. The standard InChI is InChI=1S/C11H17NO/c1-10-5-3-4-6-11(9-10)12(2)7-8-13/h4-6,9,13H,3,7-8H2,1-2H3. The van der Waals surface area contributed by atoms with Crippen molar-refractivity contribution < 1.29 is 5.11 Å². The number of nitrogens with zero attached hydrogens (tertiary/aromatic N) is 1. The van der Waals surface area contributed by atoms with E-state index >= 15 is 0 Å². The van der Waals surface area contributed by atoms with Gasteiger partial charge in [-0.3, -0.25) is 0 Å². The zero-order valence-electron chi connectivity index (χ0n) is 8.33. The number of hydrogen-bond donors (Lipinski definition) is 1. The molecule has 0 atom stereocenters. The first kappa shape index (κ1) is 10.1. The molecule has 0 aromatic carbocycles. The first-order valence-corrected chi connectivity index (χ1v) is 4.61. The van der Waals surface area contributed by atoms with E-state index in [0.717, 1.165) is 6.42 Å². The van der Waals surface area contributed by atoms with Gasteiger partial charge in [-0.15, -0.1) is 0 Å². The minimum absolute atomic E-state index is 0.199. The molecule has 0 amide bonds. The van der Waals surface area contributed by atoms with E-state index in [2.05, 4.69) is 36.1 Å². The van der Waals surface area contributed by atoms with Gasteiger partial charge in [-0.05, 0) is 25.5 Å². The molecule has 13 heavy (non-hydrogen) atoms. The van der Waals surface area contributed by atoms with E-state index in [1.807, 2.05) is 7.05 Å². The zero-order chi connectivity index (χ0) is 9.68. The van der Waals surface area contributed by atoms with Gasteiger partial charge in [0.1, 0.15) is 0 Å². The number of aliphatic hydroxyl groups excluding tert-OH is 1. The largest absolute Gasteiger partial charge is 0.395 e. The molecule has 0 aromatic heterocycles. The van der Waals surface area contributed by atoms with Gasteiger partial charge in [-0.25, -0.2) is 0 Å². The molecule has 0 saturated heterocycles. The Hall–Kier alpha value is -1.02. The summed E-state index contributed by atoms with van der Waals surface area (Å²) in [6.07, 6.45) is 9.56. The molecule has 0 aromatic rings. The Morgan fingerprint density at radius 2 is 2.31 bits per heavy atom. The lowest BCUT2D eigenvalue weighted by Crippen LogP contribution is -2.20. The highest BCUT2D eigenvalue weighted by molar-refractivity contribution is 5.31. The molecule has 0 bridgehead atoms. The molecule has 2 heteroatoms. The molecule has 1 N–H and O–H groups in total. The first-order valence-electron chi connectivity index (χ1n) is 4.61. The smallest absolute Gasteiger partial charge is 0.0606 e. The van der Waals surface area contributed by atoms with E-state index in [1.165, 1.54) is 11.3 Å². The van der Waals surface area contributed by atoms with Gasteiger partial charge in [-0.2, -0.15) is 0 Å². The molecule has 0 saturated carbocycles. The summed E-state index contributed by atoms with van der Waals surface area (Å²) in [5, 5.41) is 8.80. The molecular formula is C11H17NO. The fourth-order valence-electron chi connectivity index (χ4n) is 1.30. The van der Waals surface area contributed by atoms with Gasteiger partial charge in [-0.1, -0.05) is 17.7 Å². The third-order valence-corrected chi connectivity index (χ3v) is 2.12.